The van der Waals surface area contributed by atoms with Crippen LogP contribution in [-0.2, 0) is 6.54 Å². The SMILES string of the molecule is C=CCn1c(O)c(C(=O)c2ccc([N+](=O)[O-])cc2)c(C)c(C#N)c1=O. The van der Waals surface area contributed by atoms with Gasteiger partial charge in [0.25, 0.3) is 11.2 Å². The number of hydrogen-bond acceptors (Lipinski definition) is 6. The molecule has 0 aliphatic carbocycles. The molecule has 1 aromatic carbocycles. The number of nitrogens with zero attached hydrogens (tertiary/aromatic N) is 3. The van der Waals surface area contributed by atoms with Crippen LogP contribution in [0.4, 0.5) is 5.69 Å². The maximum Gasteiger partial charge on any atom is 0.271 e. The highest BCUT2D eigenvalue weighted by atomic mass is 16.6. The second-order valence-corrected chi connectivity index (χ2v) is 5.15. The van der Waals surface area contributed by atoms with Crippen molar-refractivity contribution < 1.29 is 14.8 Å². The molecule has 0 spiro atoms. The zero-order valence-corrected chi connectivity index (χ0v) is 13.2. The van der Waals surface area contributed by atoms with E-state index in [2.05, 4.69) is 6.58 Å². The molecule has 2 aromatic rings. The van der Waals surface area contributed by atoms with Crippen LogP contribution in [0.2, 0.25) is 0 Å². The van der Waals surface area contributed by atoms with Crippen molar-refractivity contribution in [1.82, 2.24) is 4.57 Å². The first kappa shape index (κ1) is 17.6. The van der Waals surface area contributed by atoms with Crippen LogP contribution in [0.1, 0.15) is 27.0 Å². The zero-order chi connectivity index (χ0) is 18.7. The van der Waals surface area contributed by atoms with Gasteiger partial charge >= 0.3 is 0 Å². The molecule has 1 heterocycles. The first-order valence-electron chi connectivity index (χ1n) is 7.10. The second-order valence-electron chi connectivity index (χ2n) is 5.15. The van der Waals surface area contributed by atoms with Crippen molar-refractivity contribution in [1.29, 1.82) is 5.26 Å². The van der Waals surface area contributed by atoms with Crippen LogP contribution in [0, 0.1) is 28.4 Å². The van der Waals surface area contributed by atoms with Gasteiger partial charge in [-0.1, -0.05) is 6.08 Å². The summed E-state index contributed by atoms with van der Waals surface area (Å²) in [6, 6.07) is 6.54. The minimum Gasteiger partial charge on any atom is -0.494 e. The van der Waals surface area contributed by atoms with E-state index in [9.17, 15) is 30.1 Å². The average Bonchev–Trinajstić information content (AvgIpc) is 2.59. The summed E-state index contributed by atoms with van der Waals surface area (Å²) in [5.41, 5.74) is -1.24. The largest absolute Gasteiger partial charge is 0.494 e. The highest BCUT2D eigenvalue weighted by Crippen LogP contribution is 2.25. The molecule has 126 valence electrons. The van der Waals surface area contributed by atoms with E-state index in [0.717, 1.165) is 16.7 Å². The van der Waals surface area contributed by atoms with Gasteiger partial charge in [-0.3, -0.25) is 24.3 Å². The number of allylic oxidation sites excluding steroid dienone is 1. The first-order chi connectivity index (χ1) is 11.8. The monoisotopic (exact) mass is 339 g/mol. The molecular weight excluding hydrogens is 326 g/mol. The van der Waals surface area contributed by atoms with Crippen LogP contribution in [0.15, 0.2) is 41.7 Å². The molecule has 0 unspecified atom stereocenters. The number of pyridine rings is 1. The van der Waals surface area contributed by atoms with Crippen LogP contribution in [0.25, 0.3) is 0 Å². The third kappa shape index (κ3) is 3.03. The number of nitro benzene ring substituents is 1. The summed E-state index contributed by atoms with van der Waals surface area (Å²) in [6.45, 7) is 4.77. The summed E-state index contributed by atoms with van der Waals surface area (Å²) in [5.74, 6) is -1.23. The van der Waals surface area contributed by atoms with Gasteiger partial charge in [-0.2, -0.15) is 5.26 Å². The second kappa shape index (κ2) is 6.80. The summed E-state index contributed by atoms with van der Waals surface area (Å²) in [5, 5.41) is 30.2. The molecule has 8 nitrogen and oxygen atoms in total. The van der Waals surface area contributed by atoms with Crippen molar-refractivity contribution in [3.05, 3.63) is 79.6 Å². The smallest absolute Gasteiger partial charge is 0.271 e. The van der Waals surface area contributed by atoms with Crippen molar-refractivity contribution in [2.45, 2.75) is 13.5 Å². The third-order valence-corrected chi connectivity index (χ3v) is 3.68. The molecule has 0 atom stereocenters. The van der Waals surface area contributed by atoms with Gasteiger partial charge in [-0.25, -0.2) is 0 Å². The molecule has 0 fully saturated rings. The molecule has 1 aromatic heterocycles. The molecule has 1 N–H and O–H groups in total. The summed E-state index contributed by atoms with van der Waals surface area (Å²) < 4.78 is 0.872. The van der Waals surface area contributed by atoms with Gasteiger partial charge < -0.3 is 5.11 Å². The number of rotatable bonds is 5. The lowest BCUT2D eigenvalue weighted by Crippen LogP contribution is -2.26. The fourth-order valence-electron chi connectivity index (χ4n) is 2.40. The van der Waals surface area contributed by atoms with E-state index in [4.69, 9.17) is 0 Å². The molecule has 0 radical (unpaired) electrons. The maximum atomic E-state index is 12.7. The Morgan fingerprint density at radius 2 is 2.04 bits per heavy atom. The summed E-state index contributed by atoms with van der Waals surface area (Å²) in [7, 11) is 0. The molecule has 0 amide bonds. The number of aromatic hydroxyl groups is 1. The summed E-state index contributed by atoms with van der Waals surface area (Å²) >= 11 is 0. The average molecular weight is 339 g/mol. The topological polar surface area (TPSA) is 126 Å². The Morgan fingerprint density at radius 1 is 1.44 bits per heavy atom. The molecule has 0 aliphatic heterocycles. The lowest BCUT2D eigenvalue weighted by molar-refractivity contribution is -0.384. The minimum atomic E-state index is -0.724. The number of benzene rings is 1. The third-order valence-electron chi connectivity index (χ3n) is 3.68. The van der Waals surface area contributed by atoms with E-state index in [1.54, 1.807) is 6.07 Å². The molecule has 0 bridgehead atoms. The first-order valence-corrected chi connectivity index (χ1v) is 7.10. The van der Waals surface area contributed by atoms with Crippen molar-refractivity contribution in [2.75, 3.05) is 0 Å². The maximum absolute atomic E-state index is 12.7. The Balaban J connectivity index is 2.69. The normalized spacial score (nSPS) is 10.1. The van der Waals surface area contributed by atoms with Gasteiger partial charge in [-0.15, -0.1) is 6.58 Å². The van der Waals surface area contributed by atoms with Crippen molar-refractivity contribution in [3.8, 4) is 11.9 Å². The minimum absolute atomic E-state index is 0.0497. The van der Waals surface area contributed by atoms with Gasteiger partial charge in [0.05, 0.1) is 10.5 Å². The van der Waals surface area contributed by atoms with E-state index in [1.165, 1.54) is 25.1 Å². The lowest BCUT2D eigenvalue weighted by Gasteiger charge is -2.14. The molecular formula is C17H13N3O5. The number of aromatic nitrogens is 1. The van der Waals surface area contributed by atoms with E-state index in [0.29, 0.717) is 0 Å². The molecule has 0 saturated heterocycles. The van der Waals surface area contributed by atoms with Crippen molar-refractivity contribution in [2.24, 2.45) is 0 Å². The summed E-state index contributed by atoms with van der Waals surface area (Å²) in [4.78, 5) is 35.0. The zero-order valence-electron chi connectivity index (χ0n) is 13.2. The molecule has 0 aliphatic rings. The number of carbonyl (C=O) groups is 1. The van der Waals surface area contributed by atoms with Crippen molar-refractivity contribution in [3.63, 3.8) is 0 Å². The number of hydrogen-bond donors (Lipinski definition) is 1. The van der Waals surface area contributed by atoms with Gasteiger partial charge in [0, 0.05) is 24.2 Å². The summed E-state index contributed by atoms with van der Waals surface area (Å²) in [6.07, 6.45) is 1.34. The lowest BCUT2D eigenvalue weighted by atomic mass is 9.97. The molecule has 2 rings (SSSR count). The quantitative estimate of drug-likeness (QED) is 0.384. The Hall–Kier alpha value is -3.73. The van der Waals surface area contributed by atoms with Gasteiger partial charge in [-0.05, 0) is 24.6 Å². The number of nitriles is 1. The molecule has 8 heteroatoms. The van der Waals surface area contributed by atoms with Crippen LogP contribution < -0.4 is 5.56 Å². The van der Waals surface area contributed by atoms with Crippen LogP contribution in [0.5, 0.6) is 5.88 Å². The fraction of sp³-hybridized carbons (Fsp3) is 0.118. The van der Waals surface area contributed by atoms with Crippen molar-refractivity contribution >= 4 is 11.5 Å². The van der Waals surface area contributed by atoms with E-state index in [1.807, 2.05) is 0 Å². The van der Waals surface area contributed by atoms with Crippen LogP contribution in [0.3, 0.4) is 0 Å². The standard InChI is InChI=1S/C17H13N3O5/c1-3-8-19-16(22)13(9-18)10(2)14(17(19)23)15(21)11-4-6-12(7-5-11)20(24)25/h3-7,23H,1,8H2,2H3. The Kier molecular flexibility index (Phi) is 4.79. The van der Waals surface area contributed by atoms with Gasteiger partial charge in [0.15, 0.2) is 5.78 Å². The highest BCUT2D eigenvalue weighted by molar-refractivity contribution is 6.11. The number of nitro groups is 1. The Morgan fingerprint density at radius 3 is 2.52 bits per heavy atom. The number of carbonyl (C=O) groups excluding carboxylic acids is 1. The van der Waals surface area contributed by atoms with E-state index in [-0.39, 0.29) is 34.5 Å². The highest BCUT2D eigenvalue weighted by Gasteiger charge is 2.24. The number of non-ortho nitro benzene ring substituents is 1. The predicted molar refractivity (Wildman–Crippen MR) is 88.5 cm³/mol. The Labute approximate surface area is 142 Å². The molecule has 25 heavy (non-hydrogen) atoms. The van der Waals surface area contributed by atoms with Crippen LogP contribution in [-0.4, -0.2) is 20.4 Å². The number of ketones is 1. The molecule has 0 saturated carbocycles. The van der Waals surface area contributed by atoms with Gasteiger partial charge in [0.2, 0.25) is 5.88 Å². The van der Waals surface area contributed by atoms with Crippen LogP contribution >= 0.6 is 0 Å². The van der Waals surface area contributed by atoms with E-state index < -0.39 is 22.1 Å². The predicted octanol–water partition coefficient (Wildman–Crippen LogP) is 2.06. The fourth-order valence-corrected chi connectivity index (χ4v) is 2.40. The Bertz CT molecular complexity index is 981. The van der Waals surface area contributed by atoms with Gasteiger partial charge in [0.1, 0.15) is 11.6 Å². The van der Waals surface area contributed by atoms with E-state index >= 15 is 0 Å².